The van der Waals surface area contributed by atoms with Crippen molar-refractivity contribution in [2.45, 2.75) is 13.8 Å². The van der Waals surface area contributed by atoms with Gasteiger partial charge in [0.15, 0.2) is 0 Å². The van der Waals surface area contributed by atoms with Crippen LogP contribution in [0.25, 0.3) is 0 Å². The summed E-state index contributed by atoms with van der Waals surface area (Å²) in [5.41, 5.74) is 0. The highest BCUT2D eigenvalue weighted by atomic mass is 16.5. The molecule has 0 aliphatic carbocycles. The number of carbonyl (C=O) groups is 2. The number of hydrogen-bond donors (Lipinski definition) is 0. The standard InChI is InChI=1S/C9H12O4/c1-7(2)6-13-9(11)5-4-8(10)12-3/h7H,6H2,1-3H3. The van der Waals surface area contributed by atoms with E-state index in [2.05, 4.69) is 9.47 Å². The number of carbonyl (C=O) groups excluding carboxylic acids is 2. The summed E-state index contributed by atoms with van der Waals surface area (Å²) in [5.74, 6) is 2.77. The fourth-order valence-electron chi connectivity index (χ4n) is 0.432. The highest BCUT2D eigenvalue weighted by Gasteiger charge is 2.00. The molecular weight excluding hydrogens is 172 g/mol. The number of ether oxygens (including phenoxy) is 2. The normalized spacial score (nSPS) is 8.62. The van der Waals surface area contributed by atoms with E-state index in [9.17, 15) is 9.59 Å². The molecule has 0 aromatic rings. The highest BCUT2D eigenvalue weighted by Crippen LogP contribution is 1.91. The van der Waals surface area contributed by atoms with Gasteiger partial charge in [0.05, 0.1) is 13.7 Å². The van der Waals surface area contributed by atoms with E-state index in [4.69, 9.17) is 0 Å². The predicted octanol–water partition coefficient (Wildman–Crippen LogP) is 0.362. The van der Waals surface area contributed by atoms with Gasteiger partial charge in [-0.2, -0.15) is 0 Å². The van der Waals surface area contributed by atoms with Gasteiger partial charge in [0.25, 0.3) is 0 Å². The molecule has 0 radical (unpaired) electrons. The molecule has 0 rings (SSSR count). The zero-order chi connectivity index (χ0) is 10.3. The Hall–Kier alpha value is -1.50. The van der Waals surface area contributed by atoms with E-state index in [1.165, 1.54) is 7.11 Å². The van der Waals surface area contributed by atoms with Gasteiger partial charge in [-0.15, -0.1) is 0 Å². The van der Waals surface area contributed by atoms with Gasteiger partial charge in [-0.1, -0.05) is 13.8 Å². The van der Waals surface area contributed by atoms with Crippen LogP contribution in [0.15, 0.2) is 0 Å². The van der Waals surface area contributed by atoms with Crippen LogP contribution in [0.2, 0.25) is 0 Å². The molecule has 0 aromatic heterocycles. The summed E-state index contributed by atoms with van der Waals surface area (Å²) in [6.45, 7) is 4.11. The zero-order valence-corrected chi connectivity index (χ0v) is 7.92. The maximum atomic E-state index is 10.8. The summed E-state index contributed by atoms with van der Waals surface area (Å²) >= 11 is 0. The van der Waals surface area contributed by atoms with Crippen LogP contribution in [0.3, 0.4) is 0 Å². The van der Waals surface area contributed by atoms with Gasteiger partial charge >= 0.3 is 11.9 Å². The summed E-state index contributed by atoms with van der Waals surface area (Å²) in [4.78, 5) is 21.2. The molecule has 72 valence electrons. The Labute approximate surface area is 77.2 Å². The summed E-state index contributed by atoms with van der Waals surface area (Å²) in [6.07, 6.45) is 0. The van der Waals surface area contributed by atoms with Crippen molar-refractivity contribution in [1.82, 2.24) is 0 Å². The van der Waals surface area contributed by atoms with Crippen molar-refractivity contribution in [2.75, 3.05) is 13.7 Å². The molecule has 0 unspecified atom stereocenters. The molecule has 0 heterocycles. The van der Waals surface area contributed by atoms with Gasteiger partial charge in [-0.25, -0.2) is 9.59 Å². The average molecular weight is 184 g/mol. The molecule has 0 amide bonds. The molecular formula is C9H12O4. The first kappa shape index (κ1) is 11.5. The van der Waals surface area contributed by atoms with Crippen molar-refractivity contribution >= 4 is 11.9 Å². The third kappa shape index (κ3) is 6.88. The third-order valence-electron chi connectivity index (χ3n) is 1.000. The second-order valence-electron chi connectivity index (χ2n) is 2.73. The van der Waals surface area contributed by atoms with Crippen molar-refractivity contribution < 1.29 is 19.1 Å². The lowest BCUT2D eigenvalue weighted by atomic mass is 10.2. The third-order valence-corrected chi connectivity index (χ3v) is 1.000. The first-order valence-corrected chi connectivity index (χ1v) is 3.83. The Balaban J connectivity index is 3.84. The maximum Gasteiger partial charge on any atom is 0.384 e. The van der Waals surface area contributed by atoms with Crippen LogP contribution >= 0.6 is 0 Å². The lowest BCUT2D eigenvalue weighted by Gasteiger charge is -2.01. The van der Waals surface area contributed by atoms with Gasteiger partial charge in [0.2, 0.25) is 0 Å². The largest absolute Gasteiger partial charge is 0.459 e. The van der Waals surface area contributed by atoms with E-state index in [0.717, 1.165) is 0 Å². The molecule has 0 aliphatic heterocycles. The van der Waals surface area contributed by atoms with E-state index in [1.54, 1.807) is 0 Å². The first-order chi connectivity index (χ1) is 6.06. The van der Waals surface area contributed by atoms with Crippen molar-refractivity contribution in [2.24, 2.45) is 5.92 Å². The second-order valence-corrected chi connectivity index (χ2v) is 2.73. The van der Waals surface area contributed by atoms with E-state index < -0.39 is 11.9 Å². The summed E-state index contributed by atoms with van der Waals surface area (Å²) in [5, 5.41) is 0. The van der Waals surface area contributed by atoms with Crippen LogP contribution in [0, 0.1) is 17.8 Å². The maximum absolute atomic E-state index is 10.8. The number of hydrogen-bond acceptors (Lipinski definition) is 4. The molecule has 4 heteroatoms. The minimum absolute atomic E-state index is 0.254. The van der Waals surface area contributed by atoms with Crippen LogP contribution in [0.4, 0.5) is 0 Å². The second kappa shape index (κ2) is 6.06. The van der Waals surface area contributed by atoms with Crippen molar-refractivity contribution in [1.29, 1.82) is 0 Å². The van der Waals surface area contributed by atoms with Gasteiger partial charge < -0.3 is 9.47 Å². The topological polar surface area (TPSA) is 52.6 Å². The van der Waals surface area contributed by atoms with Gasteiger partial charge in [0.1, 0.15) is 0 Å². The smallest absolute Gasteiger partial charge is 0.384 e. The molecule has 0 N–H and O–H groups in total. The van der Waals surface area contributed by atoms with Crippen LogP contribution in [0.1, 0.15) is 13.8 Å². The lowest BCUT2D eigenvalue weighted by Crippen LogP contribution is -2.08. The predicted molar refractivity (Wildman–Crippen MR) is 45.6 cm³/mol. The van der Waals surface area contributed by atoms with Crippen LogP contribution in [0.5, 0.6) is 0 Å². The Morgan fingerprint density at radius 2 is 1.77 bits per heavy atom. The van der Waals surface area contributed by atoms with Crippen molar-refractivity contribution in [3.63, 3.8) is 0 Å². The molecule has 0 bridgehead atoms. The minimum atomic E-state index is -0.749. The average Bonchev–Trinajstić information content (AvgIpc) is 2.10. The molecule has 0 aromatic carbocycles. The number of methoxy groups -OCH3 is 1. The van der Waals surface area contributed by atoms with E-state index >= 15 is 0 Å². The van der Waals surface area contributed by atoms with Gasteiger partial charge in [-0.3, -0.25) is 0 Å². The SMILES string of the molecule is COC(=O)C#CC(=O)OCC(C)C. The fourth-order valence-corrected chi connectivity index (χ4v) is 0.432. The molecule has 13 heavy (non-hydrogen) atoms. The minimum Gasteiger partial charge on any atom is -0.459 e. The van der Waals surface area contributed by atoms with Gasteiger partial charge in [0, 0.05) is 11.8 Å². The first-order valence-electron chi connectivity index (χ1n) is 3.83. The number of esters is 2. The lowest BCUT2D eigenvalue weighted by molar-refractivity contribution is -0.138. The quantitative estimate of drug-likeness (QED) is 0.353. The van der Waals surface area contributed by atoms with Gasteiger partial charge in [-0.05, 0) is 5.92 Å². The Morgan fingerprint density at radius 1 is 1.23 bits per heavy atom. The Morgan fingerprint density at radius 3 is 2.23 bits per heavy atom. The van der Waals surface area contributed by atoms with Crippen molar-refractivity contribution in [3.8, 4) is 11.8 Å². The van der Waals surface area contributed by atoms with E-state index in [0.29, 0.717) is 6.61 Å². The molecule has 0 fully saturated rings. The highest BCUT2D eigenvalue weighted by molar-refractivity contribution is 5.98. The summed E-state index contributed by atoms with van der Waals surface area (Å²) in [6, 6.07) is 0. The molecule has 0 atom stereocenters. The zero-order valence-electron chi connectivity index (χ0n) is 7.92. The Bertz CT molecular complexity index is 244. The van der Waals surface area contributed by atoms with Crippen molar-refractivity contribution in [3.05, 3.63) is 0 Å². The number of rotatable bonds is 2. The van der Waals surface area contributed by atoms with E-state index in [-0.39, 0.29) is 5.92 Å². The Kier molecular flexibility index (Phi) is 5.37. The summed E-state index contributed by atoms with van der Waals surface area (Å²) < 4.78 is 8.88. The molecule has 0 saturated carbocycles. The molecule has 4 nitrogen and oxygen atoms in total. The van der Waals surface area contributed by atoms with Crippen LogP contribution in [-0.2, 0) is 19.1 Å². The molecule has 0 saturated heterocycles. The molecule has 0 spiro atoms. The summed E-state index contributed by atoms with van der Waals surface area (Å²) in [7, 11) is 1.19. The monoisotopic (exact) mass is 184 g/mol. The van der Waals surface area contributed by atoms with Crippen LogP contribution < -0.4 is 0 Å². The fraction of sp³-hybridized carbons (Fsp3) is 0.556. The van der Waals surface area contributed by atoms with Crippen LogP contribution in [-0.4, -0.2) is 25.7 Å². The van der Waals surface area contributed by atoms with E-state index in [1.807, 2.05) is 25.7 Å². The molecule has 0 aliphatic rings.